The second kappa shape index (κ2) is 5.88. The van der Waals surface area contributed by atoms with E-state index in [1.165, 1.54) is 37.2 Å². The molecule has 1 unspecified atom stereocenters. The van der Waals surface area contributed by atoms with Gasteiger partial charge in [0.1, 0.15) is 5.75 Å². The molecule has 1 aromatic heterocycles. The Morgan fingerprint density at radius 3 is 2.96 bits per heavy atom. The normalized spacial score (nSPS) is 28.8. The van der Waals surface area contributed by atoms with Crippen molar-refractivity contribution in [1.29, 1.82) is 0 Å². The van der Waals surface area contributed by atoms with Crippen molar-refractivity contribution in [2.24, 2.45) is 5.41 Å². The molecule has 0 bridgehead atoms. The molecule has 6 heteroatoms. The summed E-state index contributed by atoms with van der Waals surface area (Å²) in [5, 5.41) is 3.39. The van der Waals surface area contributed by atoms with Crippen LogP contribution >= 0.6 is 12.4 Å². The van der Waals surface area contributed by atoms with E-state index in [4.69, 9.17) is 9.47 Å². The van der Waals surface area contributed by atoms with Gasteiger partial charge in [-0.25, -0.2) is 0 Å². The van der Waals surface area contributed by atoms with Crippen LogP contribution in [0.2, 0.25) is 0 Å². The van der Waals surface area contributed by atoms with E-state index in [0.717, 1.165) is 38.5 Å². The van der Waals surface area contributed by atoms with Crippen LogP contribution in [-0.2, 0) is 11.2 Å². The molecule has 5 nitrogen and oxygen atoms in total. The second-order valence-corrected chi connectivity index (χ2v) is 7.30. The van der Waals surface area contributed by atoms with Gasteiger partial charge in [0, 0.05) is 49.8 Å². The Bertz CT molecular complexity index is 585. The molecule has 1 N–H and O–H groups in total. The summed E-state index contributed by atoms with van der Waals surface area (Å²) in [4.78, 5) is 7.13. The molecule has 4 aliphatic rings. The molecule has 23 heavy (non-hydrogen) atoms. The molecule has 2 saturated heterocycles. The van der Waals surface area contributed by atoms with Crippen LogP contribution in [0, 0.1) is 5.41 Å². The number of nitrogens with one attached hydrogen (secondary N) is 1. The molecule has 0 aromatic carbocycles. The molecule has 1 aromatic rings. The lowest BCUT2D eigenvalue weighted by molar-refractivity contribution is -0.0529. The Labute approximate surface area is 143 Å². The molecular formula is C17H24ClN3O2. The lowest BCUT2D eigenvalue weighted by Crippen LogP contribution is -2.63. The van der Waals surface area contributed by atoms with Crippen LogP contribution in [0.5, 0.6) is 5.75 Å². The number of nitrogens with zero attached hydrogens (tertiary/aromatic N) is 2. The zero-order chi connectivity index (χ0) is 14.6. The molecule has 0 radical (unpaired) electrons. The number of pyridine rings is 1. The van der Waals surface area contributed by atoms with Crippen molar-refractivity contribution in [3.05, 3.63) is 23.5 Å². The molecule has 3 fully saturated rings. The van der Waals surface area contributed by atoms with E-state index < -0.39 is 0 Å². The van der Waals surface area contributed by atoms with E-state index in [9.17, 15) is 0 Å². The number of hydrogen-bond donors (Lipinski definition) is 1. The topological polar surface area (TPSA) is 46.6 Å². The minimum absolute atomic E-state index is 0. The fourth-order valence-corrected chi connectivity index (χ4v) is 4.51. The first-order valence-electron chi connectivity index (χ1n) is 8.50. The monoisotopic (exact) mass is 337 g/mol. The minimum atomic E-state index is 0. The van der Waals surface area contributed by atoms with E-state index in [2.05, 4.69) is 21.3 Å². The van der Waals surface area contributed by atoms with Crippen molar-refractivity contribution in [1.82, 2.24) is 15.2 Å². The second-order valence-electron chi connectivity index (χ2n) is 7.30. The highest BCUT2D eigenvalue weighted by Crippen LogP contribution is 2.47. The van der Waals surface area contributed by atoms with Gasteiger partial charge in [0.2, 0.25) is 0 Å². The van der Waals surface area contributed by atoms with Crippen molar-refractivity contribution >= 4 is 12.4 Å². The third-order valence-corrected chi connectivity index (χ3v) is 5.86. The fourth-order valence-electron chi connectivity index (χ4n) is 4.51. The van der Waals surface area contributed by atoms with Gasteiger partial charge < -0.3 is 14.8 Å². The van der Waals surface area contributed by atoms with Crippen molar-refractivity contribution < 1.29 is 9.47 Å². The average Bonchev–Trinajstić information content (AvgIpc) is 2.48. The van der Waals surface area contributed by atoms with Crippen LogP contribution in [-0.4, -0.2) is 55.4 Å². The number of aromatic nitrogens is 1. The van der Waals surface area contributed by atoms with E-state index in [1.54, 1.807) is 0 Å². The molecule has 3 aliphatic heterocycles. The van der Waals surface area contributed by atoms with Gasteiger partial charge >= 0.3 is 0 Å². The smallest absolute Gasteiger partial charge is 0.127 e. The van der Waals surface area contributed by atoms with Gasteiger partial charge in [0.25, 0.3) is 0 Å². The Kier molecular flexibility index (Phi) is 4.00. The van der Waals surface area contributed by atoms with Crippen molar-refractivity contribution in [3.8, 4) is 5.75 Å². The van der Waals surface area contributed by atoms with Gasteiger partial charge in [-0.05, 0) is 18.9 Å². The molecule has 1 atom stereocenters. The van der Waals surface area contributed by atoms with Crippen LogP contribution in [0.4, 0.5) is 0 Å². The quantitative estimate of drug-likeness (QED) is 0.887. The fraction of sp³-hybridized carbons (Fsp3) is 0.706. The van der Waals surface area contributed by atoms with E-state index in [0.29, 0.717) is 17.6 Å². The molecule has 4 heterocycles. The first-order chi connectivity index (χ1) is 10.8. The molecule has 0 amide bonds. The third kappa shape index (κ3) is 2.54. The van der Waals surface area contributed by atoms with Crippen LogP contribution in [0.15, 0.2) is 12.3 Å². The van der Waals surface area contributed by atoms with Crippen LogP contribution in [0.3, 0.4) is 0 Å². The number of rotatable bonds is 2. The molecule has 1 saturated carbocycles. The maximum atomic E-state index is 6.38. The third-order valence-electron chi connectivity index (χ3n) is 5.86. The first kappa shape index (κ1) is 15.6. The summed E-state index contributed by atoms with van der Waals surface area (Å²) < 4.78 is 12.1. The molecule has 5 rings (SSSR count). The maximum absolute atomic E-state index is 6.38. The number of fused-ring (bicyclic) bond motifs is 3. The van der Waals surface area contributed by atoms with Gasteiger partial charge in [0.05, 0.1) is 31.1 Å². The summed E-state index contributed by atoms with van der Waals surface area (Å²) in [6.45, 7) is 6.08. The number of halogens is 1. The summed E-state index contributed by atoms with van der Waals surface area (Å²) in [6, 6.07) is 2.39. The van der Waals surface area contributed by atoms with Gasteiger partial charge in [0.15, 0.2) is 0 Å². The Balaban J connectivity index is 0.00000135. The largest absolute Gasteiger partial charge is 0.490 e. The Hall–Kier alpha value is -0.880. The standard InChI is InChI=1S/C17H23N3O2.ClH/c1-3-19-13-2-4-20-5-6-21-9-14(20)16(13)15(1)22-12-7-17(8-12)10-18-11-17;/h1,3,12,14,18H,2,4-11H2;1H. The molecule has 126 valence electrons. The van der Waals surface area contributed by atoms with Gasteiger partial charge in [-0.15, -0.1) is 12.4 Å². The lowest BCUT2D eigenvalue weighted by atomic mass is 9.63. The predicted molar refractivity (Wildman–Crippen MR) is 89.3 cm³/mol. The molecule has 1 spiro atoms. The summed E-state index contributed by atoms with van der Waals surface area (Å²) in [6.07, 6.45) is 5.71. The summed E-state index contributed by atoms with van der Waals surface area (Å²) in [7, 11) is 0. The van der Waals surface area contributed by atoms with E-state index in [-0.39, 0.29) is 12.4 Å². The van der Waals surface area contributed by atoms with Crippen LogP contribution < -0.4 is 10.1 Å². The number of ether oxygens (including phenoxy) is 2. The summed E-state index contributed by atoms with van der Waals surface area (Å²) >= 11 is 0. The van der Waals surface area contributed by atoms with Gasteiger partial charge in [-0.2, -0.15) is 0 Å². The van der Waals surface area contributed by atoms with Crippen molar-refractivity contribution in [3.63, 3.8) is 0 Å². The van der Waals surface area contributed by atoms with E-state index in [1.807, 2.05) is 6.20 Å². The minimum Gasteiger partial charge on any atom is -0.490 e. The summed E-state index contributed by atoms with van der Waals surface area (Å²) in [5.41, 5.74) is 3.06. The average molecular weight is 338 g/mol. The maximum Gasteiger partial charge on any atom is 0.127 e. The van der Waals surface area contributed by atoms with Gasteiger partial charge in [-0.1, -0.05) is 0 Å². The Morgan fingerprint density at radius 1 is 1.30 bits per heavy atom. The highest BCUT2D eigenvalue weighted by molar-refractivity contribution is 5.85. The molecule has 1 aliphatic carbocycles. The highest BCUT2D eigenvalue weighted by atomic mass is 35.5. The predicted octanol–water partition coefficient (Wildman–Crippen LogP) is 1.56. The van der Waals surface area contributed by atoms with Crippen LogP contribution in [0.25, 0.3) is 0 Å². The number of hydrogen-bond acceptors (Lipinski definition) is 5. The first-order valence-corrected chi connectivity index (χ1v) is 8.50. The van der Waals surface area contributed by atoms with Crippen LogP contribution in [0.1, 0.15) is 30.1 Å². The van der Waals surface area contributed by atoms with Crippen molar-refractivity contribution in [2.75, 3.05) is 39.4 Å². The summed E-state index contributed by atoms with van der Waals surface area (Å²) in [5.74, 6) is 1.05. The lowest BCUT2D eigenvalue weighted by Gasteiger charge is -2.54. The zero-order valence-corrected chi connectivity index (χ0v) is 14.1. The highest BCUT2D eigenvalue weighted by Gasteiger charge is 2.50. The van der Waals surface area contributed by atoms with E-state index >= 15 is 0 Å². The van der Waals surface area contributed by atoms with Gasteiger partial charge in [-0.3, -0.25) is 9.88 Å². The number of morpholine rings is 1. The molecular weight excluding hydrogens is 314 g/mol. The Morgan fingerprint density at radius 2 is 2.17 bits per heavy atom. The SMILES string of the molecule is Cl.c1cc(OC2CC3(CNC3)C2)c2c(n1)CCN1CCOCC21. The zero-order valence-electron chi connectivity index (χ0n) is 13.3. The van der Waals surface area contributed by atoms with Crippen molar-refractivity contribution in [2.45, 2.75) is 31.4 Å².